The van der Waals surface area contributed by atoms with Crippen LogP contribution < -0.4 is 18.9 Å². The SMILES string of the molecule is COc1ccc(C(=O)O)cc1-c1cc(OC)c(OC)c(OC)c1. The summed E-state index contributed by atoms with van der Waals surface area (Å²) in [5.41, 5.74) is 1.47. The Morgan fingerprint density at radius 2 is 1.39 bits per heavy atom. The van der Waals surface area contributed by atoms with Crippen LogP contribution in [0.25, 0.3) is 11.1 Å². The summed E-state index contributed by atoms with van der Waals surface area (Å²) in [4.78, 5) is 11.2. The Morgan fingerprint density at radius 3 is 1.83 bits per heavy atom. The van der Waals surface area contributed by atoms with Crippen molar-refractivity contribution >= 4 is 5.97 Å². The van der Waals surface area contributed by atoms with E-state index < -0.39 is 5.97 Å². The maximum absolute atomic E-state index is 11.2. The van der Waals surface area contributed by atoms with E-state index in [4.69, 9.17) is 18.9 Å². The van der Waals surface area contributed by atoms with Gasteiger partial charge in [-0.25, -0.2) is 4.79 Å². The van der Waals surface area contributed by atoms with E-state index in [-0.39, 0.29) is 5.56 Å². The molecule has 0 amide bonds. The van der Waals surface area contributed by atoms with Crippen LogP contribution in [0.15, 0.2) is 30.3 Å². The second-order valence-corrected chi connectivity index (χ2v) is 4.63. The lowest BCUT2D eigenvalue weighted by atomic mass is 10.0. The molecule has 0 aliphatic carbocycles. The molecule has 1 N–H and O–H groups in total. The van der Waals surface area contributed by atoms with Gasteiger partial charge in [0.2, 0.25) is 5.75 Å². The van der Waals surface area contributed by atoms with E-state index in [1.807, 2.05) is 0 Å². The number of hydrogen-bond acceptors (Lipinski definition) is 5. The van der Waals surface area contributed by atoms with Crippen LogP contribution in [0.3, 0.4) is 0 Å². The van der Waals surface area contributed by atoms with Crippen LogP contribution in [0.5, 0.6) is 23.0 Å². The van der Waals surface area contributed by atoms with Crippen molar-refractivity contribution < 1.29 is 28.8 Å². The number of aromatic carboxylic acids is 1. The molecular weight excluding hydrogens is 300 g/mol. The molecule has 2 rings (SSSR count). The van der Waals surface area contributed by atoms with Crippen molar-refractivity contribution in [2.24, 2.45) is 0 Å². The Bertz CT molecular complexity index is 698. The van der Waals surface area contributed by atoms with Gasteiger partial charge in [0, 0.05) is 5.56 Å². The molecule has 2 aromatic rings. The average Bonchev–Trinajstić information content (AvgIpc) is 2.59. The van der Waals surface area contributed by atoms with Gasteiger partial charge < -0.3 is 24.1 Å². The zero-order valence-electron chi connectivity index (χ0n) is 13.4. The summed E-state index contributed by atoms with van der Waals surface area (Å²) < 4.78 is 21.3. The smallest absolute Gasteiger partial charge is 0.335 e. The summed E-state index contributed by atoms with van der Waals surface area (Å²) >= 11 is 0. The molecule has 0 spiro atoms. The normalized spacial score (nSPS) is 10.1. The van der Waals surface area contributed by atoms with Crippen molar-refractivity contribution in [2.75, 3.05) is 28.4 Å². The zero-order valence-corrected chi connectivity index (χ0v) is 13.4. The van der Waals surface area contributed by atoms with Crippen LogP contribution in [0.2, 0.25) is 0 Å². The van der Waals surface area contributed by atoms with Crippen LogP contribution >= 0.6 is 0 Å². The fourth-order valence-electron chi connectivity index (χ4n) is 2.30. The van der Waals surface area contributed by atoms with Crippen molar-refractivity contribution in [3.05, 3.63) is 35.9 Å². The predicted molar refractivity (Wildman–Crippen MR) is 85.0 cm³/mol. The van der Waals surface area contributed by atoms with E-state index in [0.717, 1.165) is 0 Å². The summed E-state index contributed by atoms with van der Waals surface area (Å²) in [6.07, 6.45) is 0. The molecule has 0 aromatic heterocycles. The van der Waals surface area contributed by atoms with Gasteiger partial charge in [0.05, 0.1) is 34.0 Å². The quantitative estimate of drug-likeness (QED) is 0.882. The molecule has 6 nitrogen and oxygen atoms in total. The lowest BCUT2D eigenvalue weighted by Crippen LogP contribution is -1.99. The summed E-state index contributed by atoms with van der Waals surface area (Å²) in [6, 6.07) is 8.13. The first-order valence-corrected chi connectivity index (χ1v) is 6.77. The summed E-state index contributed by atoms with van der Waals surface area (Å²) in [5, 5.41) is 9.19. The summed E-state index contributed by atoms with van der Waals surface area (Å²) in [6.45, 7) is 0. The third kappa shape index (κ3) is 3.15. The summed E-state index contributed by atoms with van der Waals surface area (Å²) in [7, 11) is 6.08. The minimum absolute atomic E-state index is 0.162. The molecule has 0 heterocycles. The maximum Gasteiger partial charge on any atom is 0.335 e. The van der Waals surface area contributed by atoms with Gasteiger partial charge in [-0.2, -0.15) is 0 Å². The molecule has 0 bridgehead atoms. The minimum atomic E-state index is -1.01. The lowest BCUT2D eigenvalue weighted by molar-refractivity contribution is 0.0697. The van der Waals surface area contributed by atoms with E-state index in [0.29, 0.717) is 34.1 Å². The number of hydrogen-bond donors (Lipinski definition) is 1. The number of ether oxygens (including phenoxy) is 4. The van der Waals surface area contributed by atoms with Crippen molar-refractivity contribution in [3.63, 3.8) is 0 Å². The Kier molecular flexibility index (Phi) is 4.95. The Hall–Kier alpha value is -2.89. The predicted octanol–water partition coefficient (Wildman–Crippen LogP) is 3.09. The minimum Gasteiger partial charge on any atom is -0.496 e. The largest absolute Gasteiger partial charge is 0.496 e. The first kappa shape index (κ1) is 16.5. The highest BCUT2D eigenvalue weighted by Crippen LogP contribution is 2.43. The van der Waals surface area contributed by atoms with E-state index >= 15 is 0 Å². The van der Waals surface area contributed by atoms with Crippen LogP contribution in [0, 0.1) is 0 Å². The van der Waals surface area contributed by atoms with Gasteiger partial charge in [0.15, 0.2) is 11.5 Å². The first-order valence-electron chi connectivity index (χ1n) is 6.77. The molecule has 0 aliphatic rings. The topological polar surface area (TPSA) is 74.2 Å². The van der Waals surface area contributed by atoms with Gasteiger partial charge in [-0.15, -0.1) is 0 Å². The molecule has 0 aliphatic heterocycles. The molecule has 0 saturated heterocycles. The Balaban J connectivity index is 2.70. The van der Waals surface area contributed by atoms with Gasteiger partial charge >= 0.3 is 5.97 Å². The number of rotatable bonds is 6. The highest BCUT2D eigenvalue weighted by molar-refractivity contribution is 5.91. The Labute approximate surface area is 134 Å². The number of carboxylic acids is 1. The number of benzene rings is 2. The molecule has 0 atom stereocenters. The molecule has 0 radical (unpaired) electrons. The lowest BCUT2D eigenvalue weighted by Gasteiger charge is -2.16. The third-order valence-corrected chi connectivity index (χ3v) is 3.42. The monoisotopic (exact) mass is 318 g/mol. The molecule has 6 heteroatoms. The van der Waals surface area contributed by atoms with E-state index in [2.05, 4.69) is 0 Å². The first-order chi connectivity index (χ1) is 11.0. The fraction of sp³-hybridized carbons (Fsp3) is 0.235. The highest BCUT2D eigenvalue weighted by atomic mass is 16.5. The molecular formula is C17H18O6. The molecule has 122 valence electrons. The molecule has 2 aromatic carbocycles. The second kappa shape index (κ2) is 6.91. The van der Waals surface area contributed by atoms with Crippen LogP contribution in [-0.2, 0) is 0 Å². The molecule has 0 unspecified atom stereocenters. The molecule has 0 saturated carbocycles. The number of carboxylic acid groups (broad SMARTS) is 1. The molecule has 23 heavy (non-hydrogen) atoms. The van der Waals surface area contributed by atoms with Crippen molar-refractivity contribution in [3.8, 4) is 34.1 Å². The highest BCUT2D eigenvalue weighted by Gasteiger charge is 2.17. The van der Waals surface area contributed by atoms with Gasteiger partial charge in [0.25, 0.3) is 0 Å². The van der Waals surface area contributed by atoms with E-state index in [1.54, 1.807) is 24.3 Å². The zero-order chi connectivity index (χ0) is 17.0. The standard InChI is InChI=1S/C17H18O6/c1-20-13-6-5-10(17(18)19)7-12(13)11-8-14(21-2)16(23-4)15(9-11)22-3/h5-9H,1-4H3,(H,18,19). The van der Waals surface area contributed by atoms with Crippen LogP contribution in [0.1, 0.15) is 10.4 Å². The van der Waals surface area contributed by atoms with Gasteiger partial charge in [0.1, 0.15) is 5.75 Å². The van der Waals surface area contributed by atoms with E-state index in [1.165, 1.54) is 34.5 Å². The van der Waals surface area contributed by atoms with Gasteiger partial charge in [-0.3, -0.25) is 0 Å². The van der Waals surface area contributed by atoms with Crippen molar-refractivity contribution in [1.82, 2.24) is 0 Å². The van der Waals surface area contributed by atoms with Crippen LogP contribution in [0.4, 0.5) is 0 Å². The second-order valence-electron chi connectivity index (χ2n) is 4.63. The van der Waals surface area contributed by atoms with Gasteiger partial charge in [-0.05, 0) is 35.9 Å². The average molecular weight is 318 g/mol. The van der Waals surface area contributed by atoms with Crippen LogP contribution in [-0.4, -0.2) is 39.5 Å². The number of carbonyl (C=O) groups is 1. The van der Waals surface area contributed by atoms with Gasteiger partial charge in [-0.1, -0.05) is 0 Å². The maximum atomic E-state index is 11.2. The molecule has 0 fully saturated rings. The number of methoxy groups -OCH3 is 4. The summed E-state index contributed by atoms with van der Waals surface area (Å²) in [5.74, 6) is 0.951. The third-order valence-electron chi connectivity index (χ3n) is 3.42. The van der Waals surface area contributed by atoms with Crippen molar-refractivity contribution in [1.29, 1.82) is 0 Å². The fourth-order valence-corrected chi connectivity index (χ4v) is 2.30. The Morgan fingerprint density at radius 1 is 0.826 bits per heavy atom. The van der Waals surface area contributed by atoms with Crippen molar-refractivity contribution in [2.45, 2.75) is 0 Å². The van der Waals surface area contributed by atoms with E-state index in [9.17, 15) is 9.90 Å².